The molecule has 0 fully saturated rings. The van der Waals surface area contributed by atoms with Crippen molar-refractivity contribution in [2.45, 2.75) is 26.7 Å². The maximum absolute atomic E-state index is 13.8. The maximum atomic E-state index is 13.8. The number of carbonyl (C=O) groups is 1. The molecule has 20 heavy (non-hydrogen) atoms. The van der Waals surface area contributed by atoms with E-state index in [0.29, 0.717) is 22.6 Å². The molecule has 3 nitrogen and oxygen atoms in total. The molecule has 2 rings (SSSR count). The fraction of sp³-hybridized carbons (Fsp3) is 0.250. The topological polar surface area (TPSA) is 54.0 Å². The van der Waals surface area contributed by atoms with Crippen LogP contribution < -0.4 is 0 Å². The third-order valence-corrected chi connectivity index (χ3v) is 3.42. The summed E-state index contributed by atoms with van der Waals surface area (Å²) < 4.78 is 19.2. The molecule has 0 amide bonds. The summed E-state index contributed by atoms with van der Waals surface area (Å²) >= 11 is 0. The van der Waals surface area contributed by atoms with E-state index in [9.17, 15) is 14.4 Å². The van der Waals surface area contributed by atoms with Gasteiger partial charge in [0.25, 0.3) is 0 Å². The minimum atomic E-state index is -1.16. The quantitative estimate of drug-likeness (QED) is 0.797. The van der Waals surface area contributed by atoms with Crippen LogP contribution in [0.3, 0.4) is 0 Å². The monoisotopic (exact) mass is 271 g/mol. The fourth-order valence-electron chi connectivity index (χ4n) is 2.28. The van der Waals surface area contributed by atoms with Gasteiger partial charge in [0.1, 0.15) is 23.3 Å². The number of benzene rings is 1. The van der Waals surface area contributed by atoms with E-state index in [2.05, 4.69) is 0 Å². The van der Waals surface area contributed by atoms with Crippen LogP contribution in [-0.4, -0.2) is 5.78 Å². The summed E-state index contributed by atoms with van der Waals surface area (Å²) in [6.45, 7) is 5.18. The Labute approximate surface area is 116 Å². The number of furan rings is 1. The zero-order chi connectivity index (χ0) is 14.9. The van der Waals surface area contributed by atoms with Gasteiger partial charge in [-0.1, -0.05) is 18.2 Å². The van der Waals surface area contributed by atoms with Gasteiger partial charge >= 0.3 is 0 Å². The smallest absolute Gasteiger partial charge is 0.188 e. The standard InChI is InChI=1S/C16H14FNO2/c1-9-10(2)20-11(3)15(9)16(19)13(8-18)12-6-4-5-7-14(12)17/h4-7,13H,1-3H3. The molecule has 4 heteroatoms. The lowest BCUT2D eigenvalue weighted by Gasteiger charge is -2.09. The average Bonchev–Trinajstić information content (AvgIpc) is 2.66. The van der Waals surface area contributed by atoms with Gasteiger partial charge in [-0.15, -0.1) is 0 Å². The number of ketones is 1. The number of Topliss-reactive ketones (excluding diaryl/α,β-unsaturated/α-hetero) is 1. The molecule has 2 aromatic rings. The molecular formula is C16H14FNO2. The molecular weight excluding hydrogens is 257 g/mol. The van der Waals surface area contributed by atoms with E-state index in [1.54, 1.807) is 26.8 Å². The lowest BCUT2D eigenvalue weighted by molar-refractivity contribution is 0.0975. The molecule has 0 saturated heterocycles. The Bertz CT molecular complexity index is 710. The summed E-state index contributed by atoms with van der Waals surface area (Å²) in [6.07, 6.45) is 0. The molecule has 0 aliphatic heterocycles. The van der Waals surface area contributed by atoms with Crippen molar-refractivity contribution in [1.29, 1.82) is 5.26 Å². The summed E-state index contributed by atoms with van der Waals surface area (Å²) in [5.74, 6) is -1.05. The first kappa shape index (κ1) is 14.0. The van der Waals surface area contributed by atoms with Crippen LogP contribution in [0.2, 0.25) is 0 Å². The van der Waals surface area contributed by atoms with Gasteiger partial charge in [0.2, 0.25) is 0 Å². The first-order valence-corrected chi connectivity index (χ1v) is 6.22. The second-order valence-corrected chi connectivity index (χ2v) is 4.66. The fourth-order valence-corrected chi connectivity index (χ4v) is 2.28. The van der Waals surface area contributed by atoms with Crippen LogP contribution in [0.4, 0.5) is 4.39 Å². The van der Waals surface area contributed by atoms with E-state index in [1.807, 2.05) is 6.07 Å². The highest BCUT2D eigenvalue weighted by Crippen LogP contribution is 2.28. The molecule has 0 saturated carbocycles. The minimum absolute atomic E-state index is 0.0950. The number of hydrogen-bond acceptors (Lipinski definition) is 3. The second-order valence-electron chi connectivity index (χ2n) is 4.66. The zero-order valence-corrected chi connectivity index (χ0v) is 11.5. The minimum Gasteiger partial charge on any atom is -0.466 e. The SMILES string of the molecule is Cc1oc(C)c(C(=O)C(C#N)c2ccccc2F)c1C. The van der Waals surface area contributed by atoms with Gasteiger partial charge in [0.15, 0.2) is 5.78 Å². The highest BCUT2D eigenvalue weighted by atomic mass is 19.1. The maximum Gasteiger partial charge on any atom is 0.188 e. The van der Waals surface area contributed by atoms with E-state index < -0.39 is 17.5 Å². The normalized spacial score (nSPS) is 11.9. The summed E-state index contributed by atoms with van der Waals surface area (Å²) in [4.78, 5) is 12.5. The molecule has 0 N–H and O–H groups in total. The number of rotatable bonds is 3. The van der Waals surface area contributed by atoms with Crippen molar-refractivity contribution in [3.8, 4) is 6.07 Å². The van der Waals surface area contributed by atoms with E-state index in [4.69, 9.17) is 4.42 Å². The van der Waals surface area contributed by atoms with Crippen LogP contribution >= 0.6 is 0 Å². The van der Waals surface area contributed by atoms with Crippen LogP contribution in [0.5, 0.6) is 0 Å². The molecule has 0 radical (unpaired) electrons. The molecule has 0 aliphatic rings. The Hall–Kier alpha value is -2.41. The van der Waals surface area contributed by atoms with E-state index in [1.165, 1.54) is 18.2 Å². The van der Waals surface area contributed by atoms with Gasteiger partial charge in [-0.3, -0.25) is 4.79 Å². The zero-order valence-electron chi connectivity index (χ0n) is 11.5. The van der Waals surface area contributed by atoms with Crippen LogP contribution in [0, 0.1) is 37.9 Å². The van der Waals surface area contributed by atoms with Gasteiger partial charge in [0, 0.05) is 11.1 Å². The molecule has 1 heterocycles. The van der Waals surface area contributed by atoms with Crippen LogP contribution in [0.25, 0.3) is 0 Å². The van der Waals surface area contributed by atoms with Crippen LogP contribution in [-0.2, 0) is 0 Å². The summed E-state index contributed by atoms with van der Waals surface area (Å²) in [5.41, 5.74) is 1.17. The molecule has 1 unspecified atom stereocenters. The van der Waals surface area contributed by atoms with Crippen LogP contribution in [0.1, 0.15) is 38.9 Å². The molecule has 0 aliphatic carbocycles. The molecule has 1 aromatic heterocycles. The van der Waals surface area contributed by atoms with E-state index in [0.717, 1.165) is 0 Å². The average molecular weight is 271 g/mol. The first-order chi connectivity index (χ1) is 9.47. The number of nitriles is 1. The predicted molar refractivity (Wildman–Crippen MR) is 72.0 cm³/mol. The summed E-state index contributed by atoms with van der Waals surface area (Å²) in [6, 6.07) is 7.72. The lowest BCUT2D eigenvalue weighted by Crippen LogP contribution is -2.14. The molecule has 0 bridgehead atoms. The number of halogens is 1. The van der Waals surface area contributed by atoms with Gasteiger partial charge in [-0.05, 0) is 26.8 Å². The molecule has 1 atom stereocenters. The van der Waals surface area contributed by atoms with Crippen molar-refractivity contribution >= 4 is 5.78 Å². The summed E-state index contributed by atoms with van der Waals surface area (Å²) in [5, 5.41) is 9.26. The Morgan fingerprint density at radius 3 is 2.40 bits per heavy atom. The summed E-state index contributed by atoms with van der Waals surface area (Å²) in [7, 11) is 0. The van der Waals surface area contributed by atoms with Crippen molar-refractivity contribution < 1.29 is 13.6 Å². The molecule has 0 spiro atoms. The molecule has 102 valence electrons. The van der Waals surface area contributed by atoms with Gasteiger partial charge in [-0.2, -0.15) is 5.26 Å². The number of aryl methyl sites for hydroxylation is 2. The van der Waals surface area contributed by atoms with Gasteiger partial charge in [0.05, 0.1) is 11.6 Å². The third-order valence-electron chi connectivity index (χ3n) is 3.42. The third kappa shape index (κ3) is 2.23. The molecule has 1 aromatic carbocycles. The highest BCUT2D eigenvalue weighted by molar-refractivity contribution is 6.04. The van der Waals surface area contributed by atoms with Crippen molar-refractivity contribution in [2.75, 3.05) is 0 Å². The van der Waals surface area contributed by atoms with Crippen molar-refractivity contribution in [3.05, 3.63) is 58.3 Å². The van der Waals surface area contributed by atoms with Crippen LogP contribution in [0.15, 0.2) is 28.7 Å². The largest absolute Gasteiger partial charge is 0.466 e. The Morgan fingerprint density at radius 2 is 1.90 bits per heavy atom. The first-order valence-electron chi connectivity index (χ1n) is 6.22. The van der Waals surface area contributed by atoms with Crippen molar-refractivity contribution in [1.82, 2.24) is 0 Å². The predicted octanol–water partition coefficient (Wildman–Crippen LogP) is 3.83. The van der Waals surface area contributed by atoms with E-state index in [-0.39, 0.29) is 5.56 Å². The highest BCUT2D eigenvalue weighted by Gasteiger charge is 2.29. The second kappa shape index (κ2) is 5.30. The number of hydrogen-bond donors (Lipinski definition) is 0. The number of carbonyl (C=O) groups excluding carboxylic acids is 1. The number of nitrogens with zero attached hydrogens (tertiary/aromatic N) is 1. The van der Waals surface area contributed by atoms with E-state index >= 15 is 0 Å². The van der Waals surface area contributed by atoms with Gasteiger partial charge in [-0.25, -0.2) is 4.39 Å². The van der Waals surface area contributed by atoms with Crippen molar-refractivity contribution in [3.63, 3.8) is 0 Å². The Balaban J connectivity index is 2.51. The lowest BCUT2D eigenvalue weighted by atomic mass is 9.90. The van der Waals surface area contributed by atoms with Gasteiger partial charge < -0.3 is 4.42 Å². The Kier molecular flexibility index (Phi) is 3.71. The Morgan fingerprint density at radius 1 is 1.25 bits per heavy atom. The van der Waals surface area contributed by atoms with Crippen molar-refractivity contribution in [2.24, 2.45) is 0 Å².